The number of carboxylic acid groups (broad SMARTS) is 1. The first-order valence-corrected chi connectivity index (χ1v) is 6.19. The van der Waals surface area contributed by atoms with E-state index in [4.69, 9.17) is 5.11 Å². The van der Waals surface area contributed by atoms with Gasteiger partial charge in [0.25, 0.3) is 0 Å². The molecule has 0 bridgehead atoms. The molecule has 5 nitrogen and oxygen atoms in total. The normalized spacial score (nSPS) is 21.1. The lowest BCUT2D eigenvalue weighted by Gasteiger charge is -2.26. The van der Waals surface area contributed by atoms with Gasteiger partial charge in [-0.1, -0.05) is 6.07 Å². The monoisotopic (exact) mass is 266 g/mol. The van der Waals surface area contributed by atoms with Crippen molar-refractivity contribution in [3.05, 3.63) is 30.1 Å². The lowest BCUT2D eigenvalue weighted by molar-refractivity contribution is -0.139. The number of amides is 1. The summed E-state index contributed by atoms with van der Waals surface area (Å²) in [4.78, 5) is 28.4. The van der Waals surface area contributed by atoms with Gasteiger partial charge in [-0.3, -0.25) is 14.6 Å². The van der Waals surface area contributed by atoms with E-state index in [1.165, 1.54) is 0 Å². The van der Waals surface area contributed by atoms with Crippen LogP contribution in [0.25, 0.3) is 0 Å². The van der Waals surface area contributed by atoms with E-state index in [0.29, 0.717) is 13.0 Å². The third-order valence-corrected chi connectivity index (χ3v) is 3.30. The summed E-state index contributed by atoms with van der Waals surface area (Å²) in [6.45, 7) is 0.481. The number of likely N-dealkylation sites (tertiary alicyclic amines) is 1. The fraction of sp³-hybridized carbons (Fsp3) is 0.417. The molecule has 1 fully saturated rings. The van der Waals surface area contributed by atoms with Gasteiger partial charge in [0.05, 0.1) is 12.5 Å². The highest BCUT2D eigenvalue weighted by atomic mass is 32.1. The van der Waals surface area contributed by atoms with Gasteiger partial charge in [-0.25, -0.2) is 0 Å². The van der Waals surface area contributed by atoms with Crippen molar-refractivity contribution in [2.24, 2.45) is 0 Å². The smallest absolute Gasteiger partial charge is 0.305 e. The van der Waals surface area contributed by atoms with E-state index in [9.17, 15) is 9.59 Å². The van der Waals surface area contributed by atoms with Gasteiger partial charge in [-0.2, -0.15) is 12.6 Å². The Morgan fingerprint density at radius 1 is 1.67 bits per heavy atom. The van der Waals surface area contributed by atoms with Gasteiger partial charge in [0, 0.05) is 30.6 Å². The first-order valence-electron chi connectivity index (χ1n) is 5.67. The number of hydrogen-bond acceptors (Lipinski definition) is 4. The SMILES string of the molecule is O=C(O)CC(c1cccnc1)N1CC(S)CC1=O. The summed E-state index contributed by atoms with van der Waals surface area (Å²) >= 11 is 4.28. The van der Waals surface area contributed by atoms with Crippen molar-refractivity contribution in [3.63, 3.8) is 0 Å². The molecular weight excluding hydrogens is 252 g/mol. The van der Waals surface area contributed by atoms with Crippen molar-refractivity contribution >= 4 is 24.5 Å². The second kappa shape index (κ2) is 5.39. The Labute approximate surface area is 110 Å². The summed E-state index contributed by atoms with van der Waals surface area (Å²) in [6.07, 6.45) is 3.47. The lowest BCUT2D eigenvalue weighted by atomic mass is 10.0. The summed E-state index contributed by atoms with van der Waals surface area (Å²) in [5.74, 6) is -0.982. The van der Waals surface area contributed by atoms with E-state index in [1.807, 2.05) is 0 Å². The minimum absolute atomic E-state index is 0.0227. The van der Waals surface area contributed by atoms with Crippen molar-refractivity contribution in [2.45, 2.75) is 24.1 Å². The summed E-state index contributed by atoms with van der Waals surface area (Å²) in [5, 5.41) is 8.96. The number of nitrogens with zero attached hydrogens (tertiary/aromatic N) is 2. The molecule has 18 heavy (non-hydrogen) atoms. The Morgan fingerprint density at radius 3 is 2.94 bits per heavy atom. The van der Waals surface area contributed by atoms with Gasteiger partial charge in [-0.05, 0) is 11.6 Å². The molecule has 1 aromatic rings. The second-order valence-corrected chi connectivity index (χ2v) is 5.03. The van der Waals surface area contributed by atoms with E-state index in [-0.39, 0.29) is 17.6 Å². The molecule has 2 rings (SSSR count). The lowest BCUT2D eigenvalue weighted by Crippen LogP contribution is -2.32. The summed E-state index contributed by atoms with van der Waals surface area (Å²) in [7, 11) is 0. The van der Waals surface area contributed by atoms with Gasteiger partial charge in [-0.15, -0.1) is 0 Å². The van der Waals surface area contributed by atoms with Crippen molar-refractivity contribution in [1.82, 2.24) is 9.88 Å². The Morgan fingerprint density at radius 2 is 2.44 bits per heavy atom. The molecule has 0 aromatic carbocycles. The molecule has 0 aliphatic carbocycles. The van der Waals surface area contributed by atoms with Gasteiger partial charge >= 0.3 is 5.97 Å². The van der Waals surface area contributed by atoms with Gasteiger partial charge in [0.1, 0.15) is 0 Å². The van der Waals surface area contributed by atoms with Crippen LogP contribution < -0.4 is 0 Å². The molecule has 96 valence electrons. The van der Waals surface area contributed by atoms with Crippen molar-refractivity contribution < 1.29 is 14.7 Å². The molecule has 1 amide bonds. The van der Waals surface area contributed by atoms with Crippen LogP contribution in [0, 0.1) is 0 Å². The van der Waals surface area contributed by atoms with Crippen LogP contribution in [0.1, 0.15) is 24.4 Å². The van der Waals surface area contributed by atoms with Crippen LogP contribution >= 0.6 is 12.6 Å². The van der Waals surface area contributed by atoms with E-state index in [0.717, 1.165) is 5.56 Å². The molecule has 1 saturated heterocycles. The molecule has 0 spiro atoms. The Hall–Kier alpha value is -1.56. The molecule has 2 unspecified atom stereocenters. The van der Waals surface area contributed by atoms with Crippen molar-refractivity contribution in [3.8, 4) is 0 Å². The molecule has 1 aliphatic heterocycles. The van der Waals surface area contributed by atoms with E-state index in [2.05, 4.69) is 17.6 Å². The number of rotatable bonds is 4. The van der Waals surface area contributed by atoms with Crippen LogP contribution in [0.5, 0.6) is 0 Å². The van der Waals surface area contributed by atoms with Gasteiger partial charge in [0.15, 0.2) is 0 Å². The number of carboxylic acids is 1. The molecular formula is C12H14N2O3S. The maximum atomic E-state index is 11.8. The molecule has 2 heterocycles. The van der Waals surface area contributed by atoms with Crippen molar-refractivity contribution in [2.75, 3.05) is 6.54 Å². The minimum Gasteiger partial charge on any atom is -0.481 e. The fourth-order valence-corrected chi connectivity index (χ4v) is 2.49. The number of hydrogen-bond donors (Lipinski definition) is 2. The predicted molar refractivity (Wildman–Crippen MR) is 68.3 cm³/mol. The highest BCUT2D eigenvalue weighted by molar-refractivity contribution is 7.81. The van der Waals surface area contributed by atoms with E-state index < -0.39 is 12.0 Å². The summed E-state index contributed by atoms with van der Waals surface area (Å²) in [5.41, 5.74) is 0.746. The fourth-order valence-electron chi connectivity index (χ4n) is 2.16. The standard InChI is InChI=1S/C12H14N2O3S/c15-11-4-9(18)7-14(11)10(5-12(16)17)8-2-1-3-13-6-8/h1-3,6,9-10,18H,4-5,7H2,(H,16,17). The first kappa shape index (κ1) is 12.9. The topological polar surface area (TPSA) is 70.5 Å². The van der Waals surface area contributed by atoms with Crippen LogP contribution in [0.15, 0.2) is 24.5 Å². The summed E-state index contributed by atoms with van der Waals surface area (Å²) in [6, 6.07) is 3.07. The molecule has 0 saturated carbocycles. The minimum atomic E-state index is -0.931. The molecule has 1 aliphatic rings. The number of aliphatic carboxylic acids is 1. The Kier molecular flexibility index (Phi) is 3.86. The number of thiol groups is 1. The van der Waals surface area contributed by atoms with Crippen LogP contribution in [-0.4, -0.2) is 38.7 Å². The molecule has 1 N–H and O–H groups in total. The average Bonchev–Trinajstić information content (AvgIpc) is 2.66. The average molecular weight is 266 g/mol. The van der Waals surface area contributed by atoms with Crippen LogP contribution in [0.2, 0.25) is 0 Å². The third-order valence-electron chi connectivity index (χ3n) is 2.95. The zero-order chi connectivity index (χ0) is 13.1. The Bertz CT molecular complexity index is 452. The van der Waals surface area contributed by atoms with E-state index in [1.54, 1.807) is 29.4 Å². The first-order chi connectivity index (χ1) is 8.58. The molecule has 6 heteroatoms. The van der Waals surface area contributed by atoms with E-state index >= 15 is 0 Å². The zero-order valence-corrected chi connectivity index (χ0v) is 10.6. The van der Waals surface area contributed by atoms with Gasteiger partial charge in [0.2, 0.25) is 5.91 Å². The maximum Gasteiger partial charge on any atom is 0.305 e. The maximum absolute atomic E-state index is 11.8. The Balaban J connectivity index is 2.26. The third kappa shape index (κ3) is 2.81. The highest BCUT2D eigenvalue weighted by Crippen LogP contribution is 2.30. The second-order valence-electron chi connectivity index (χ2n) is 4.30. The number of carbonyl (C=O) groups is 2. The predicted octanol–water partition coefficient (Wildman–Crippen LogP) is 1.13. The molecule has 0 radical (unpaired) electrons. The molecule has 1 aromatic heterocycles. The number of carbonyl (C=O) groups excluding carboxylic acids is 1. The van der Waals surface area contributed by atoms with Crippen LogP contribution in [-0.2, 0) is 9.59 Å². The number of aromatic nitrogens is 1. The number of pyridine rings is 1. The van der Waals surface area contributed by atoms with Crippen molar-refractivity contribution in [1.29, 1.82) is 0 Å². The quantitative estimate of drug-likeness (QED) is 0.801. The van der Waals surface area contributed by atoms with Crippen LogP contribution in [0.4, 0.5) is 0 Å². The van der Waals surface area contributed by atoms with Crippen LogP contribution in [0.3, 0.4) is 0 Å². The van der Waals surface area contributed by atoms with Gasteiger partial charge < -0.3 is 10.0 Å². The zero-order valence-electron chi connectivity index (χ0n) is 9.69. The summed E-state index contributed by atoms with van der Waals surface area (Å²) < 4.78 is 0. The highest BCUT2D eigenvalue weighted by Gasteiger charge is 2.34. The molecule has 2 atom stereocenters. The largest absolute Gasteiger partial charge is 0.481 e.